The molecule has 5 heteroatoms. The van der Waals surface area contributed by atoms with Crippen LogP contribution in [0.2, 0.25) is 0 Å². The van der Waals surface area contributed by atoms with Crippen molar-refractivity contribution >= 4 is 17.3 Å². The third kappa shape index (κ3) is 3.92. The highest BCUT2D eigenvalue weighted by Gasteiger charge is 1.99. The highest BCUT2D eigenvalue weighted by atomic mass is 16.4. The van der Waals surface area contributed by atoms with Crippen molar-refractivity contribution in [3.05, 3.63) is 54.1 Å². The lowest BCUT2D eigenvalue weighted by Gasteiger charge is -1.97. The van der Waals surface area contributed by atoms with Gasteiger partial charge in [0.25, 0.3) is 0 Å². The first-order valence-corrected chi connectivity index (χ1v) is 5.65. The number of carboxylic acid groups (broad SMARTS) is 1. The van der Waals surface area contributed by atoms with Crippen molar-refractivity contribution in [3.63, 3.8) is 0 Å². The molecule has 19 heavy (non-hydrogen) atoms. The van der Waals surface area contributed by atoms with Gasteiger partial charge in [-0.05, 0) is 42.0 Å². The molecule has 0 amide bonds. The molecule has 0 bridgehead atoms. The summed E-state index contributed by atoms with van der Waals surface area (Å²) in [6, 6.07) is 13.2. The van der Waals surface area contributed by atoms with Gasteiger partial charge in [0.1, 0.15) is 5.75 Å². The SMILES string of the molecule is O=C(O)Cc1ccc(N=Nc2ccc(O)cc2)cc1. The monoisotopic (exact) mass is 256 g/mol. The van der Waals surface area contributed by atoms with Gasteiger partial charge in [0.2, 0.25) is 0 Å². The normalized spacial score (nSPS) is 10.7. The molecule has 0 saturated carbocycles. The van der Waals surface area contributed by atoms with Crippen LogP contribution in [0.3, 0.4) is 0 Å². The number of carboxylic acids is 1. The minimum absolute atomic E-state index is 0.00458. The molecule has 5 nitrogen and oxygen atoms in total. The summed E-state index contributed by atoms with van der Waals surface area (Å²) in [6.07, 6.45) is -0.00458. The molecule has 2 rings (SSSR count). The van der Waals surface area contributed by atoms with E-state index in [1.165, 1.54) is 12.1 Å². The number of aromatic hydroxyl groups is 1. The summed E-state index contributed by atoms with van der Waals surface area (Å²) in [5.74, 6) is -0.685. The molecule has 2 aromatic rings. The Kier molecular flexibility index (Phi) is 3.87. The second-order valence-corrected chi connectivity index (χ2v) is 3.95. The lowest BCUT2D eigenvalue weighted by atomic mass is 10.1. The van der Waals surface area contributed by atoms with Gasteiger partial charge in [0.05, 0.1) is 17.8 Å². The predicted molar refractivity (Wildman–Crippen MR) is 70.1 cm³/mol. The molecule has 0 aliphatic carbocycles. The van der Waals surface area contributed by atoms with Gasteiger partial charge in [0.15, 0.2) is 0 Å². The molecule has 0 aliphatic rings. The zero-order valence-corrected chi connectivity index (χ0v) is 10.0. The summed E-state index contributed by atoms with van der Waals surface area (Å²) in [6.45, 7) is 0. The Morgan fingerprint density at radius 3 is 1.84 bits per heavy atom. The van der Waals surface area contributed by atoms with Gasteiger partial charge in [0, 0.05) is 0 Å². The van der Waals surface area contributed by atoms with Crippen molar-refractivity contribution in [2.75, 3.05) is 0 Å². The first kappa shape index (κ1) is 12.8. The molecule has 0 aromatic heterocycles. The van der Waals surface area contributed by atoms with E-state index in [1.54, 1.807) is 36.4 Å². The Morgan fingerprint density at radius 2 is 1.37 bits per heavy atom. The highest BCUT2D eigenvalue weighted by Crippen LogP contribution is 2.20. The second kappa shape index (κ2) is 5.77. The van der Waals surface area contributed by atoms with Gasteiger partial charge < -0.3 is 10.2 Å². The van der Waals surface area contributed by atoms with Crippen molar-refractivity contribution in [2.24, 2.45) is 10.2 Å². The van der Waals surface area contributed by atoms with Crippen LogP contribution in [-0.2, 0) is 11.2 Å². The lowest BCUT2D eigenvalue weighted by Crippen LogP contribution is -1.98. The smallest absolute Gasteiger partial charge is 0.307 e. The number of phenolic OH excluding ortho intramolecular Hbond substituents is 1. The van der Waals surface area contributed by atoms with E-state index in [0.717, 1.165) is 5.56 Å². The van der Waals surface area contributed by atoms with E-state index in [4.69, 9.17) is 10.2 Å². The number of hydrogen-bond acceptors (Lipinski definition) is 4. The van der Waals surface area contributed by atoms with E-state index in [-0.39, 0.29) is 12.2 Å². The molecule has 0 heterocycles. The number of aliphatic carboxylic acids is 1. The van der Waals surface area contributed by atoms with Crippen LogP contribution < -0.4 is 0 Å². The molecule has 96 valence electrons. The molecule has 0 unspecified atom stereocenters. The van der Waals surface area contributed by atoms with E-state index >= 15 is 0 Å². The molecule has 2 aromatic carbocycles. The van der Waals surface area contributed by atoms with Crippen molar-refractivity contribution in [1.29, 1.82) is 0 Å². The number of carbonyl (C=O) groups is 1. The Bertz CT molecular complexity index is 589. The Labute approximate surface area is 109 Å². The van der Waals surface area contributed by atoms with E-state index in [2.05, 4.69) is 10.2 Å². The van der Waals surface area contributed by atoms with Crippen LogP contribution >= 0.6 is 0 Å². The summed E-state index contributed by atoms with van der Waals surface area (Å²) >= 11 is 0. The van der Waals surface area contributed by atoms with Crippen LogP contribution in [0.25, 0.3) is 0 Å². The van der Waals surface area contributed by atoms with E-state index in [9.17, 15) is 4.79 Å². The van der Waals surface area contributed by atoms with Gasteiger partial charge in [-0.1, -0.05) is 12.1 Å². The molecular formula is C14H12N2O3. The van der Waals surface area contributed by atoms with Crippen LogP contribution in [0, 0.1) is 0 Å². The summed E-state index contributed by atoms with van der Waals surface area (Å²) in [5.41, 5.74) is 1.99. The number of hydrogen-bond donors (Lipinski definition) is 2. The van der Waals surface area contributed by atoms with Gasteiger partial charge in [-0.3, -0.25) is 4.79 Å². The number of benzene rings is 2. The van der Waals surface area contributed by atoms with Crippen molar-refractivity contribution < 1.29 is 15.0 Å². The zero-order chi connectivity index (χ0) is 13.7. The second-order valence-electron chi connectivity index (χ2n) is 3.95. The van der Waals surface area contributed by atoms with E-state index in [0.29, 0.717) is 11.4 Å². The van der Waals surface area contributed by atoms with Gasteiger partial charge >= 0.3 is 5.97 Å². The number of rotatable bonds is 4. The number of phenols is 1. The van der Waals surface area contributed by atoms with Crippen molar-refractivity contribution in [3.8, 4) is 5.75 Å². The van der Waals surface area contributed by atoms with Crippen LogP contribution in [0.4, 0.5) is 11.4 Å². The molecular weight excluding hydrogens is 244 g/mol. The van der Waals surface area contributed by atoms with E-state index < -0.39 is 5.97 Å². The minimum atomic E-state index is -0.863. The maximum absolute atomic E-state index is 10.5. The molecule has 0 saturated heterocycles. The zero-order valence-electron chi connectivity index (χ0n) is 10.0. The van der Waals surface area contributed by atoms with Crippen molar-refractivity contribution in [1.82, 2.24) is 0 Å². The summed E-state index contributed by atoms with van der Waals surface area (Å²) in [4.78, 5) is 10.5. The fourth-order valence-corrected chi connectivity index (χ4v) is 1.49. The minimum Gasteiger partial charge on any atom is -0.508 e. The average molecular weight is 256 g/mol. The van der Waals surface area contributed by atoms with Gasteiger partial charge in [-0.2, -0.15) is 10.2 Å². The first-order valence-electron chi connectivity index (χ1n) is 5.65. The Hall–Kier alpha value is -2.69. The molecule has 0 atom stereocenters. The van der Waals surface area contributed by atoms with Crippen LogP contribution in [0.5, 0.6) is 5.75 Å². The molecule has 2 N–H and O–H groups in total. The quantitative estimate of drug-likeness (QED) is 0.822. The van der Waals surface area contributed by atoms with Crippen LogP contribution in [0.1, 0.15) is 5.56 Å². The maximum Gasteiger partial charge on any atom is 0.307 e. The standard InChI is InChI=1S/C14H12N2O3/c17-13-7-5-12(6-8-13)16-15-11-3-1-10(2-4-11)9-14(18)19/h1-8,17H,9H2,(H,18,19). The lowest BCUT2D eigenvalue weighted by molar-refractivity contribution is -0.136. The summed E-state index contributed by atoms with van der Waals surface area (Å²) < 4.78 is 0. The van der Waals surface area contributed by atoms with Gasteiger partial charge in [-0.15, -0.1) is 0 Å². The molecule has 0 fully saturated rings. The van der Waals surface area contributed by atoms with Crippen LogP contribution in [0.15, 0.2) is 58.8 Å². The summed E-state index contributed by atoms with van der Waals surface area (Å²) in [5, 5.41) is 25.8. The van der Waals surface area contributed by atoms with E-state index in [1.807, 2.05) is 0 Å². The maximum atomic E-state index is 10.5. The predicted octanol–water partition coefficient (Wildman–Crippen LogP) is 3.43. The highest BCUT2D eigenvalue weighted by molar-refractivity contribution is 5.70. The topological polar surface area (TPSA) is 82.2 Å². The number of azo groups is 1. The number of nitrogens with zero attached hydrogens (tertiary/aromatic N) is 2. The molecule has 0 radical (unpaired) electrons. The molecule has 0 spiro atoms. The average Bonchev–Trinajstić information content (AvgIpc) is 2.39. The van der Waals surface area contributed by atoms with Gasteiger partial charge in [-0.25, -0.2) is 0 Å². The largest absolute Gasteiger partial charge is 0.508 e. The first-order chi connectivity index (χ1) is 9.13. The third-order valence-electron chi connectivity index (χ3n) is 2.42. The van der Waals surface area contributed by atoms with Crippen molar-refractivity contribution in [2.45, 2.75) is 6.42 Å². The fourth-order valence-electron chi connectivity index (χ4n) is 1.49. The third-order valence-corrected chi connectivity index (χ3v) is 2.42. The fraction of sp³-hybridized carbons (Fsp3) is 0.0714. The summed E-state index contributed by atoms with van der Waals surface area (Å²) in [7, 11) is 0. The Morgan fingerprint density at radius 1 is 0.895 bits per heavy atom. The van der Waals surface area contributed by atoms with Crippen LogP contribution in [-0.4, -0.2) is 16.2 Å². The Balaban J connectivity index is 2.06. The molecule has 0 aliphatic heterocycles.